The third-order valence-electron chi connectivity index (χ3n) is 1.88. The van der Waals surface area contributed by atoms with Crippen LogP contribution in [0.15, 0.2) is 12.3 Å². The van der Waals surface area contributed by atoms with Gasteiger partial charge in [-0.1, -0.05) is 11.6 Å². The molecule has 0 aliphatic carbocycles. The number of unbranched alkanes of at least 4 members (excludes halogenated alkanes) is 1. The Kier molecular flexibility index (Phi) is 4.62. The molecule has 0 saturated heterocycles. The first-order chi connectivity index (χ1) is 7.65. The Labute approximate surface area is 98.6 Å². The first kappa shape index (κ1) is 12.3. The lowest BCUT2D eigenvalue weighted by atomic mass is 10.2. The zero-order chi connectivity index (χ0) is 12.0. The highest BCUT2D eigenvalue weighted by Gasteiger charge is 2.11. The molecular formula is C11H11ClN2O2. The quantitative estimate of drug-likeness (QED) is 0.610. The van der Waals surface area contributed by atoms with E-state index in [1.807, 2.05) is 0 Å². The van der Waals surface area contributed by atoms with Gasteiger partial charge in [0.2, 0.25) is 0 Å². The van der Waals surface area contributed by atoms with Crippen molar-refractivity contribution in [3.8, 4) is 12.3 Å². The monoisotopic (exact) mass is 238 g/mol. The molecule has 2 N–H and O–H groups in total. The molecule has 0 atom stereocenters. The number of aromatic carboxylic acids is 1. The number of pyridine rings is 1. The van der Waals surface area contributed by atoms with Gasteiger partial charge in [-0.25, -0.2) is 9.78 Å². The lowest BCUT2D eigenvalue weighted by Crippen LogP contribution is -2.09. The predicted octanol–water partition coefficient (Wildman–Crippen LogP) is 2.26. The molecule has 1 rings (SSSR count). The highest BCUT2D eigenvalue weighted by atomic mass is 35.5. The van der Waals surface area contributed by atoms with Crippen molar-refractivity contribution in [1.82, 2.24) is 4.98 Å². The van der Waals surface area contributed by atoms with Gasteiger partial charge < -0.3 is 10.4 Å². The van der Waals surface area contributed by atoms with Crippen molar-refractivity contribution in [1.29, 1.82) is 0 Å². The molecule has 0 amide bonds. The Morgan fingerprint density at radius 1 is 1.69 bits per heavy atom. The summed E-state index contributed by atoms with van der Waals surface area (Å²) in [6, 6.07) is 1.36. The van der Waals surface area contributed by atoms with Crippen LogP contribution in [0.2, 0.25) is 5.02 Å². The number of aromatic nitrogens is 1. The summed E-state index contributed by atoms with van der Waals surface area (Å²) in [4.78, 5) is 14.8. The highest BCUT2D eigenvalue weighted by molar-refractivity contribution is 6.30. The molecule has 1 heterocycles. The standard InChI is InChI=1S/C11H11ClN2O2/c1-2-3-4-5-13-10-9(11(15)16)6-8(12)7-14-10/h1,6-7H,3-5H2,(H,13,14)(H,15,16). The lowest BCUT2D eigenvalue weighted by molar-refractivity contribution is 0.0697. The molecule has 16 heavy (non-hydrogen) atoms. The molecule has 0 aliphatic rings. The minimum Gasteiger partial charge on any atom is -0.478 e. The second kappa shape index (κ2) is 5.99. The van der Waals surface area contributed by atoms with Gasteiger partial charge in [-0.2, -0.15) is 0 Å². The second-order valence-electron chi connectivity index (χ2n) is 3.09. The van der Waals surface area contributed by atoms with Crippen molar-refractivity contribution in [2.24, 2.45) is 0 Å². The summed E-state index contributed by atoms with van der Waals surface area (Å²) in [5.41, 5.74) is 0.0632. The molecule has 5 heteroatoms. The highest BCUT2D eigenvalue weighted by Crippen LogP contribution is 2.17. The third-order valence-corrected chi connectivity index (χ3v) is 2.08. The average Bonchev–Trinajstić information content (AvgIpc) is 2.26. The minimum absolute atomic E-state index is 0.0632. The Hall–Kier alpha value is -1.73. The number of anilines is 1. The Morgan fingerprint density at radius 3 is 3.06 bits per heavy atom. The van der Waals surface area contributed by atoms with Crippen LogP contribution in [-0.2, 0) is 0 Å². The SMILES string of the molecule is C#CCCCNc1ncc(Cl)cc1C(=O)O. The number of carbonyl (C=O) groups is 1. The maximum atomic E-state index is 10.9. The number of carboxylic acid groups (broad SMARTS) is 1. The van der Waals surface area contributed by atoms with Gasteiger partial charge in [0.25, 0.3) is 0 Å². The van der Waals surface area contributed by atoms with Gasteiger partial charge in [0, 0.05) is 19.2 Å². The number of carboxylic acids is 1. The number of hydrogen-bond acceptors (Lipinski definition) is 3. The van der Waals surface area contributed by atoms with E-state index in [0.717, 1.165) is 6.42 Å². The Balaban J connectivity index is 2.72. The normalized spacial score (nSPS) is 9.50. The number of nitrogens with one attached hydrogen (secondary N) is 1. The molecule has 0 radical (unpaired) electrons. The van der Waals surface area contributed by atoms with Crippen molar-refractivity contribution in [2.75, 3.05) is 11.9 Å². The molecule has 0 spiro atoms. The first-order valence-corrected chi connectivity index (χ1v) is 5.09. The molecule has 1 aromatic rings. The molecule has 4 nitrogen and oxygen atoms in total. The van der Waals surface area contributed by atoms with Crippen LogP contribution in [-0.4, -0.2) is 22.6 Å². The maximum Gasteiger partial charge on any atom is 0.339 e. The maximum absolute atomic E-state index is 10.9. The van der Waals surface area contributed by atoms with E-state index in [1.165, 1.54) is 12.3 Å². The topological polar surface area (TPSA) is 62.2 Å². The molecular weight excluding hydrogens is 228 g/mol. The number of halogens is 1. The van der Waals surface area contributed by atoms with Crippen LogP contribution in [0, 0.1) is 12.3 Å². The predicted molar refractivity (Wildman–Crippen MR) is 62.8 cm³/mol. The van der Waals surface area contributed by atoms with E-state index in [2.05, 4.69) is 16.2 Å². The number of hydrogen-bond donors (Lipinski definition) is 2. The van der Waals surface area contributed by atoms with Crippen molar-refractivity contribution in [3.05, 3.63) is 22.8 Å². The van der Waals surface area contributed by atoms with Gasteiger partial charge in [-0.3, -0.25) is 0 Å². The van der Waals surface area contributed by atoms with Gasteiger partial charge in [-0.05, 0) is 12.5 Å². The van der Waals surface area contributed by atoms with Gasteiger partial charge in [0.15, 0.2) is 0 Å². The smallest absolute Gasteiger partial charge is 0.339 e. The minimum atomic E-state index is -1.06. The van der Waals surface area contributed by atoms with E-state index in [0.29, 0.717) is 23.8 Å². The summed E-state index contributed by atoms with van der Waals surface area (Å²) in [6.45, 7) is 0.582. The van der Waals surface area contributed by atoms with Crippen LogP contribution in [0.3, 0.4) is 0 Å². The average molecular weight is 239 g/mol. The van der Waals surface area contributed by atoms with E-state index >= 15 is 0 Å². The van der Waals surface area contributed by atoms with Crippen molar-refractivity contribution >= 4 is 23.4 Å². The van der Waals surface area contributed by atoms with Crippen molar-refractivity contribution < 1.29 is 9.90 Å². The van der Waals surface area contributed by atoms with Crippen LogP contribution in [0.5, 0.6) is 0 Å². The largest absolute Gasteiger partial charge is 0.478 e. The van der Waals surface area contributed by atoms with Gasteiger partial charge in [-0.15, -0.1) is 12.3 Å². The zero-order valence-electron chi connectivity index (χ0n) is 8.53. The summed E-state index contributed by atoms with van der Waals surface area (Å²) >= 11 is 5.66. The molecule has 84 valence electrons. The van der Waals surface area contributed by atoms with Crippen LogP contribution in [0.25, 0.3) is 0 Å². The van der Waals surface area contributed by atoms with Gasteiger partial charge in [0.05, 0.1) is 5.02 Å². The summed E-state index contributed by atoms with van der Waals surface area (Å²) in [6.07, 6.45) is 7.91. The van der Waals surface area contributed by atoms with E-state index in [9.17, 15) is 4.79 Å². The fourth-order valence-corrected chi connectivity index (χ4v) is 1.30. The van der Waals surface area contributed by atoms with Gasteiger partial charge >= 0.3 is 5.97 Å². The fourth-order valence-electron chi connectivity index (χ4n) is 1.14. The molecule has 0 aliphatic heterocycles. The van der Waals surface area contributed by atoms with Crippen LogP contribution >= 0.6 is 11.6 Å². The zero-order valence-corrected chi connectivity index (χ0v) is 9.29. The molecule has 0 aromatic carbocycles. The molecule has 0 saturated carbocycles. The summed E-state index contributed by atoms with van der Waals surface area (Å²) in [5, 5.41) is 12.1. The lowest BCUT2D eigenvalue weighted by Gasteiger charge is -2.07. The summed E-state index contributed by atoms with van der Waals surface area (Å²) < 4.78 is 0. The van der Waals surface area contributed by atoms with Crippen LogP contribution in [0.4, 0.5) is 5.82 Å². The van der Waals surface area contributed by atoms with Crippen LogP contribution in [0.1, 0.15) is 23.2 Å². The Bertz CT molecular complexity index is 426. The molecule has 0 fully saturated rings. The first-order valence-electron chi connectivity index (χ1n) is 4.71. The van der Waals surface area contributed by atoms with E-state index in [1.54, 1.807) is 0 Å². The van der Waals surface area contributed by atoms with Crippen molar-refractivity contribution in [3.63, 3.8) is 0 Å². The molecule has 1 aromatic heterocycles. The summed E-state index contributed by atoms with van der Waals surface area (Å²) in [5.74, 6) is 1.76. The number of nitrogens with zero attached hydrogens (tertiary/aromatic N) is 1. The number of rotatable bonds is 5. The molecule has 0 unspecified atom stereocenters. The van der Waals surface area contributed by atoms with Gasteiger partial charge in [0.1, 0.15) is 11.4 Å². The van der Waals surface area contributed by atoms with Crippen molar-refractivity contribution in [2.45, 2.75) is 12.8 Å². The van der Waals surface area contributed by atoms with E-state index in [4.69, 9.17) is 23.1 Å². The fraction of sp³-hybridized carbons (Fsp3) is 0.273. The second-order valence-corrected chi connectivity index (χ2v) is 3.53. The van der Waals surface area contributed by atoms with E-state index in [-0.39, 0.29) is 5.56 Å². The third kappa shape index (κ3) is 3.44. The summed E-state index contributed by atoms with van der Waals surface area (Å²) in [7, 11) is 0. The molecule has 0 bridgehead atoms. The van der Waals surface area contributed by atoms with Crippen LogP contribution < -0.4 is 5.32 Å². The van der Waals surface area contributed by atoms with E-state index < -0.39 is 5.97 Å². The Morgan fingerprint density at radius 2 is 2.44 bits per heavy atom. The number of terminal acetylenes is 1.